The van der Waals surface area contributed by atoms with Crippen molar-refractivity contribution in [3.8, 4) is 0 Å². The molecule has 1 unspecified atom stereocenters. The fourth-order valence-corrected chi connectivity index (χ4v) is 3.45. The number of carbonyl (C=O) groups is 1. The molecule has 2 fully saturated rings. The molecule has 1 N–H and O–H groups in total. The zero-order valence-electron chi connectivity index (χ0n) is 12.8. The van der Waals surface area contributed by atoms with Gasteiger partial charge in [-0.25, -0.2) is 0 Å². The Kier molecular flexibility index (Phi) is 5.26. The van der Waals surface area contributed by atoms with E-state index in [-0.39, 0.29) is 0 Å². The number of amides is 1. The van der Waals surface area contributed by atoms with Gasteiger partial charge in [0.05, 0.1) is 0 Å². The lowest BCUT2D eigenvalue weighted by Gasteiger charge is -2.35. The van der Waals surface area contributed by atoms with Gasteiger partial charge in [-0.2, -0.15) is 0 Å². The molecule has 3 nitrogen and oxygen atoms in total. The molecule has 1 aliphatic carbocycles. The van der Waals surface area contributed by atoms with E-state index in [0.717, 1.165) is 31.8 Å². The van der Waals surface area contributed by atoms with Crippen LogP contribution in [0.3, 0.4) is 0 Å². The molecule has 0 aromatic rings. The molecule has 1 amide bonds. The van der Waals surface area contributed by atoms with Crippen LogP contribution in [0.25, 0.3) is 0 Å². The Balaban J connectivity index is 1.91. The first-order chi connectivity index (χ1) is 9.08. The highest BCUT2D eigenvalue weighted by atomic mass is 16.2. The fourth-order valence-electron chi connectivity index (χ4n) is 3.45. The van der Waals surface area contributed by atoms with Crippen molar-refractivity contribution in [3.05, 3.63) is 0 Å². The van der Waals surface area contributed by atoms with Crippen molar-refractivity contribution in [2.75, 3.05) is 13.1 Å². The number of hydrogen-bond acceptors (Lipinski definition) is 2. The van der Waals surface area contributed by atoms with E-state index in [4.69, 9.17) is 0 Å². The van der Waals surface area contributed by atoms with Gasteiger partial charge in [-0.1, -0.05) is 6.92 Å². The summed E-state index contributed by atoms with van der Waals surface area (Å²) in [4.78, 5) is 14.9. The highest BCUT2D eigenvalue weighted by Gasteiger charge is 2.31. The van der Waals surface area contributed by atoms with Gasteiger partial charge in [-0.15, -0.1) is 0 Å². The SMILES string of the molecule is CC1CCC(C(=O)N(CC2CCCN2)C(C)C)CC1. The minimum absolute atomic E-state index is 0.292. The second kappa shape index (κ2) is 6.74. The van der Waals surface area contributed by atoms with Gasteiger partial charge in [-0.3, -0.25) is 4.79 Å². The normalized spacial score (nSPS) is 31.7. The molecule has 0 bridgehead atoms. The second-order valence-electron chi connectivity index (χ2n) is 6.83. The van der Waals surface area contributed by atoms with Crippen LogP contribution in [0.5, 0.6) is 0 Å². The third-order valence-electron chi connectivity index (χ3n) is 4.85. The fraction of sp³-hybridized carbons (Fsp3) is 0.938. The van der Waals surface area contributed by atoms with Gasteiger partial charge in [0.1, 0.15) is 0 Å². The molecule has 1 atom stereocenters. The maximum absolute atomic E-state index is 12.7. The lowest BCUT2D eigenvalue weighted by molar-refractivity contribution is -0.139. The minimum Gasteiger partial charge on any atom is -0.338 e. The molecular formula is C16H30N2O. The third kappa shape index (κ3) is 3.95. The van der Waals surface area contributed by atoms with Crippen molar-refractivity contribution >= 4 is 5.91 Å². The summed E-state index contributed by atoms with van der Waals surface area (Å²) in [5, 5.41) is 3.51. The van der Waals surface area contributed by atoms with Gasteiger partial charge >= 0.3 is 0 Å². The van der Waals surface area contributed by atoms with Crippen molar-refractivity contribution < 1.29 is 4.79 Å². The molecule has 0 spiro atoms. The molecule has 3 heteroatoms. The van der Waals surface area contributed by atoms with Gasteiger partial charge in [0, 0.05) is 24.5 Å². The summed E-state index contributed by atoms with van der Waals surface area (Å²) in [5.74, 6) is 1.52. The van der Waals surface area contributed by atoms with Gasteiger partial charge in [0.2, 0.25) is 5.91 Å². The van der Waals surface area contributed by atoms with Crippen molar-refractivity contribution in [1.29, 1.82) is 0 Å². The van der Waals surface area contributed by atoms with Crippen LogP contribution >= 0.6 is 0 Å². The van der Waals surface area contributed by atoms with Crippen molar-refractivity contribution in [1.82, 2.24) is 10.2 Å². The van der Waals surface area contributed by atoms with Crippen LogP contribution in [-0.4, -0.2) is 36.0 Å². The Morgan fingerprint density at radius 1 is 1.21 bits per heavy atom. The molecule has 1 saturated heterocycles. The highest BCUT2D eigenvalue weighted by molar-refractivity contribution is 5.79. The summed E-state index contributed by atoms with van der Waals surface area (Å²) in [7, 11) is 0. The third-order valence-corrected chi connectivity index (χ3v) is 4.85. The van der Waals surface area contributed by atoms with Gasteiger partial charge in [-0.05, 0) is 64.8 Å². The van der Waals surface area contributed by atoms with E-state index in [9.17, 15) is 4.79 Å². The number of carbonyl (C=O) groups excluding carboxylic acids is 1. The highest BCUT2D eigenvalue weighted by Crippen LogP contribution is 2.30. The first kappa shape index (κ1) is 14.8. The standard InChI is InChI=1S/C16H30N2O/c1-12(2)18(11-15-5-4-10-17-15)16(19)14-8-6-13(3)7-9-14/h12-15,17H,4-11H2,1-3H3. The van der Waals surface area contributed by atoms with Crippen molar-refractivity contribution in [2.24, 2.45) is 11.8 Å². The molecule has 19 heavy (non-hydrogen) atoms. The minimum atomic E-state index is 0.292. The number of nitrogens with zero attached hydrogens (tertiary/aromatic N) is 1. The maximum Gasteiger partial charge on any atom is 0.225 e. The van der Waals surface area contributed by atoms with E-state index >= 15 is 0 Å². The average Bonchev–Trinajstić information content (AvgIpc) is 2.88. The second-order valence-corrected chi connectivity index (χ2v) is 6.83. The van der Waals surface area contributed by atoms with Gasteiger partial charge < -0.3 is 10.2 Å². The molecule has 0 radical (unpaired) electrons. The number of hydrogen-bond donors (Lipinski definition) is 1. The molecule has 2 aliphatic rings. The summed E-state index contributed by atoms with van der Waals surface area (Å²) in [6.45, 7) is 8.63. The molecule has 1 heterocycles. The van der Waals surface area contributed by atoms with E-state index in [2.05, 4.69) is 31.0 Å². The van der Waals surface area contributed by atoms with Crippen LogP contribution in [0.1, 0.15) is 59.3 Å². The first-order valence-corrected chi connectivity index (χ1v) is 8.11. The molecule has 110 valence electrons. The Hall–Kier alpha value is -0.570. The molecule has 0 aromatic carbocycles. The number of rotatable bonds is 4. The van der Waals surface area contributed by atoms with Gasteiger partial charge in [0.25, 0.3) is 0 Å². The quantitative estimate of drug-likeness (QED) is 0.848. The molecule has 2 rings (SSSR count). The maximum atomic E-state index is 12.7. The molecule has 1 saturated carbocycles. The lowest BCUT2D eigenvalue weighted by Crippen LogP contribution is -2.47. The van der Waals surface area contributed by atoms with Crippen LogP contribution < -0.4 is 5.32 Å². The van der Waals surface area contributed by atoms with Crippen LogP contribution in [0.2, 0.25) is 0 Å². The smallest absolute Gasteiger partial charge is 0.225 e. The molecular weight excluding hydrogens is 236 g/mol. The van der Waals surface area contributed by atoms with E-state index in [0.29, 0.717) is 23.9 Å². The van der Waals surface area contributed by atoms with E-state index in [1.165, 1.54) is 25.7 Å². The summed E-state index contributed by atoms with van der Waals surface area (Å²) in [5.41, 5.74) is 0. The zero-order chi connectivity index (χ0) is 13.8. The lowest BCUT2D eigenvalue weighted by atomic mass is 9.82. The first-order valence-electron chi connectivity index (χ1n) is 8.11. The topological polar surface area (TPSA) is 32.3 Å². The monoisotopic (exact) mass is 266 g/mol. The zero-order valence-corrected chi connectivity index (χ0v) is 12.8. The van der Waals surface area contributed by atoms with E-state index in [1.807, 2.05) is 0 Å². The summed E-state index contributed by atoms with van der Waals surface area (Å²) in [6, 6.07) is 0.850. The Morgan fingerprint density at radius 3 is 2.42 bits per heavy atom. The predicted octanol–water partition coefficient (Wildman–Crippen LogP) is 2.80. The molecule has 0 aromatic heterocycles. The Bertz CT molecular complexity index is 289. The van der Waals surface area contributed by atoms with Crippen LogP contribution in [0.4, 0.5) is 0 Å². The van der Waals surface area contributed by atoms with E-state index in [1.54, 1.807) is 0 Å². The molecule has 1 aliphatic heterocycles. The van der Waals surface area contributed by atoms with Gasteiger partial charge in [0.15, 0.2) is 0 Å². The Morgan fingerprint density at radius 2 is 1.89 bits per heavy atom. The Labute approximate surface area is 118 Å². The summed E-state index contributed by atoms with van der Waals surface area (Å²) in [6.07, 6.45) is 7.13. The van der Waals surface area contributed by atoms with Crippen LogP contribution in [0, 0.1) is 11.8 Å². The van der Waals surface area contributed by atoms with Crippen molar-refractivity contribution in [2.45, 2.75) is 71.4 Å². The summed E-state index contributed by atoms with van der Waals surface area (Å²) < 4.78 is 0. The average molecular weight is 266 g/mol. The van der Waals surface area contributed by atoms with E-state index < -0.39 is 0 Å². The predicted molar refractivity (Wildman–Crippen MR) is 79.0 cm³/mol. The van der Waals surface area contributed by atoms with Crippen molar-refractivity contribution in [3.63, 3.8) is 0 Å². The largest absolute Gasteiger partial charge is 0.338 e. The summed E-state index contributed by atoms with van der Waals surface area (Å²) >= 11 is 0. The van der Waals surface area contributed by atoms with Crippen LogP contribution in [0.15, 0.2) is 0 Å². The number of nitrogens with one attached hydrogen (secondary N) is 1. The van der Waals surface area contributed by atoms with Crippen LogP contribution in [-0.2, 0) is 4.79 Å².